The van der Waals surface area contributed by atoms with Crippen LogP contribution in [0.1, 0.15) is 39.0 Å². The van der Waals surface area contributed by atoms with Gasteiger partial charge < -0.3 is 9.47 Å². The third kappa shape index (κ3) is 5.63. The molecule has 0 unspecified atom stereocenters. The Kier molecular flexibility index (Phi) is 6.55. The van der Waals surface area contributed by atoms with Gasteiger partial charge in [0.25, 0.3) is 0 Å². The van der Waals surface area contributed by atoms with Gasteiger partial charge in [-0.25, -0.2) is 4.79 Å². The van der Waals surface area contributed by atoms with Crippen LogP contribution in [-0.4, -0.2) is 31.6 Å². The van der Waals surface area contributed by atoms with Crippen molar-refractivity contribution in [2.75, 3.05) is 19.8 Å². The summed E-state index contributed by atoms with van der Waals surface area (Å²) in [5.41, 5.74) is 0.968. The molecule has 0 bridgehead atoms. The lowest BCUT2D eigenvalue weighted by molar-refractivity contribution is -0.148. The molecule has 0 amide bonds. The number of rotatable bonds is 8. The van der Waals surface area contributed by atoms with E-state index < -0.39 is 0 Å². The first-order chi connectivity index (χ1) is 8.24. The molecule has 0 fully saturated rings. The van der Waals surface area contributed by atoms with Crippen LogP contribution in [0.3, 0.4) is 0 Å². The second kappa shape index (κ2) is 8.01. The van der Waals surface area contributed by atoms with Gasteiger partial charge >= 0.3 is 5.97 Å². The Labute approximate surface area is 102 Å². The standard InChI is InChI=1S/C13H20O4/c1-2-17-13(15)10-16-9-4-3-6-11-7-5-8-12(11)14/h7H,2-6,8-10H2,1H3. The van der Waals surface area contributed by atoms with Gasteiger partial charge in [-0.05, 0) is 38.2 Å². The first-order valence-electron chi connectivity index (χ1n) is 6.19. The highest BCUT2D eigenvalue weighted by atomic mass is 16.6. The van der Waals surface area contributed by atoms with Crippen molar-refractivity contribution in [1.82, 2.24) is 0 Å². The number of hydrogen-bond donors (Lipinski definition) is 0. The number of allylic oxidation sites excluding steroid dienone is 2. The first-order valence-corrected chi connectivity index (χ1v) is 6.19. The number of carbonyl (C=O) groups excluding carboxylic acids is 2. The van der Waals surface area contributed by atoms with E-state index in [-0.39, 0.29) is 18.4 Å². The molecule has 1 aliphatic carbocycles. The van der Waals surface area contributed by atoms with E-state index in [1.165, 1.54) is 0 Å². The molecule has 4 heteroatoms. The summed E-state index contributed by atoms with van der Waals surface area (Å²) in [5.74, 6) is -0.0291. The molecule has 1 rings (SSSR count). The number of hydrogen-bond acceptors (Lipinski definition) is 4. The van der Waals surface area contributed by atoms with Crippen molar-refractivity contribution in [3.05, 3.63) is 11.6 Å². The fourth-order valence-corrected chi connectivity index (χ4v) is 1.77. The van der Waals surface area contributed by atoms with E-state index in [2.05, 4.69) is 0 Å². The molecule has 17 heavy (non-hydrogen) atoms. The highest BCUT2D eigenvalue weighted by Gasteiger charge is 2.13. The molecule has 0 atom stereocenters. The summed E-state index contributed by atoms with van der Waals surface area (Å²) >= 11 is 0. The van der Waals surface area contributed by atoms with Gasteiger partial charge in [0.05, 0.1) is 6.61 Å². The Morgan fingerprint density at radius 3 is 2.88 bits per heavy atom. The molecule has 0 saturated carbocycles. The van der Waals surface area contributed by atoms with Gasteiger partial charge in [0, 0.05) is 13.0 Å². The summed E-state index contributed by atoms with van der Waals surface area (Å²) in [4.78, 5) is 22.2. The van der Waals surface area contributed by atoms with Crippen LogP contribution in [0, 0.1) is 0 Å². The molecule has 4 nitrogen and oxygen atoms in total. The van der Waals surface area contributed by atoms with Crippen LogP contribution >= 0.6 is 0 Å². The van der Waals surface area contributed by atoms with Crippen LogP contribution in [0.25, 0.3) is 0 Å². The molecule has 0 heterocycles. The minimum Gasteiger partial charge on any atom is -0.464 e. The van der Waals surface area contributed by atoms with Gasteiger partial charge in [-0.15, -0.1) is 0 Å². The highest BCUT2D eigenvalue weighted by Crippen LogP contribution is 2.19. The molecular formula is C13H20O4. The summed E-state index contributed by atoms with van der Waals surface area (Å²) in [6.07, 6.45) is 6.23. The third-order valence-electron chi connectivity index (χ3n) is 2.63. The molecule has 0 radical (unpaired) electrons. The maximum Gasteiger partial charge on any atom is 0.332 e. The number of esters is 1. The van der Waals surface area contributed by atoms with E-state index in [1.54, 1.807) is 6.92 Å². The normalized spacial score (nSPS) is 14.9. The molecule has 0 spiro atoms. The molecular weight excluding hydrogens is 220 g/mol. The minimum atomic E-state index is -0.318. The summed E-state index contributed by atoms with van der Waals surface area (Å²) in [7, 11) is 0. The van der Waals surface area contributed by atoms with Crippen molar-refractivity contribution < 1.29 is 19.1 Å². The van der Waals surface area contributed by atoms with Gasteiger partial charge in [-0.1, -0.05) is 6.08 Å². The predicted octanol–water partition coefficient (Wildman–Crippen LogP) is 2.03. The van der Waals surface area contributed by atoms with Crippen molar-refractivity contribution >= 4 is 11.8 Å². The Morgan fingerprint density at radius 2 is 2.24 bits per heavy atom. The maximum atomic E-state index is 11.3. The molecule has 1 aliphatic rings. The maximum absolute atomic E-state index is 11.3. The van der Waals surface area contributed by atoms with Crippen LogP contribution in [0.5, 0.6) is 0 Å². The molecule has 0 N–H and O–H groups in total. The Hall–Kier alpha value is -1.16. The highest BCUT2D eigenvalue weighted by molar-refractivity contribution is 5.97. The second-order valence-corrected chi connectivity index (χ2v) is 4.01. The lowest BCUT2D eigenvalue weighted by Gasteiger charge is -2.04. The van der Waals surface area contributed by atoms with Crippen LogP contribution in [0.15, 0.2) is 11.6 Å². The van der Waals surface area contributed by atoms with E-state index >= 15 is 0 Å². The smallest absolute Gasteiger partial charge is 0.332 e. The quantitative estimate of drug-likeness (QED) is 0.481. The molecule has 0 aliphatic heterocycles. The van der Waals surface area contributed by atoms with E-state index in [0.717, 1.165) is 31.3 Å². The molecule has 0 aromatic carbocycles. The largest absolute Gasteiger partial charge is 0.464 e. The molecule has 0 aromatic heterocycles. The van der Waals surface area contributed by atoms with Crippen molar-refractivity contribution in [2.24, 2.45) is 0 Å². The number of unbranched alkanes of at least 4 members (excludes halogenated alkanes) is 1. The Bertz CT molecular complexity index is 294. The second-order valence-electron chi connectivity index (χ2n) is 4.01. The summed E-state index contributed by atoms with van der Waals surface area (Å²) in [5, 5.41) is 0. The van der Waals surface area contributed by atoms with Crippen LogP contribution in [0.2, 0.25) is 0 Å². The zero-order chi connectivity index (χ0) is 12.5. The number of ether oxygens (including phenoxy) is 2. The van der Waals surface area contributed by atoms with Crippen LogP contribution in [-0.2, 0) is 19.1 Å². The van der Waals surface area contributed by atoms with E-state index in [4.69, 9.17) is 9.47 Å². The predicted molar refractivity (Wildman–Crippen MR) is 63.6 cm³/mol. The van der Waals surface area contributed by atoms with E-state index in [1.807, 2.05) is 6.08 Å². The van der Waals surface area contributed by atoms with Gasteiger partial charge in [0.2, 0.25) is 0 Å². The number of ketones is 1. The summed E-state index contributed by atoms with van der Waals surface area (Å²) < 4.78 is 9.89. The Balaban J connectivity index is 1.94. The van der Waals surface area contributed by atoms with Crippen LogP contribution in [0.4, 0.5) is 0 Å². The lowest BCUT2D eigenvalue weighted by Crippen LogP contribution is -2.12. The summed E-state index contributed by atoms with van der Waals surface area (Å²) in [6.45, 7) is 2.72. The van der Waals surface area contributed by atoms with Crippen molar-refractivity contribution in [3.63, 3.8) is 0 Å². The average molecular weight is 240 g/mol. The summed E-state index contributed by atoms with van der Waals surface area (Å²) in [6, 6.07) is 0. The van der Waals surface area contributed by atoms with E-state index in [0.29, 0.717) is 19.6 Å². The minimum absolute atomic E-state index is 0.0233. The van der Waals surface area contributed by atoms with E-state index in [9.17, 15) is 9.59 Å². The van der Waals surface area contributed by atoms with Gasteiger partial charge in [0.1, 0.15) is 6.61 Å². The fourth-order valence-electron chi connectivity index (χ4n) is 1.77. The van der Waals surface area contributed by atoms with Crippen molar-refractivity contribution in [2.45, 2.75) is 39.0 Å². The van der Waals surface area contributed by atoms with Crippen LogP contribution < -0.4 is 0 Å². The average Bonchev–Trinajstić information content (AvgIpc) is 2.70. The number of carbonyl (C=O) groups is 2. The van der Waals surface area contributed by atoms with Gasteiger partial charge in [0.15, 0.2) is 5.78 Å². The zero-order valence-electron chi connectivity index (χ0n) is 10.4. The van der Waals surface area contributed by atoms with Gasteiger partial charge in [-0.3, -0.25) is 4.79 Å². The fraction of sp³-hybridized carbons (Fsp3) is 0.692. The third-order valence-corrected chi connectivity index (χ3v) is 2.63. The lowest BCUT2D eigenvalue weighted by atomic mass is 10.1. The molecule has 0 aromatic rings. The SMILES string of the molecule is CCOC(=O)COCCCCC1=CCCC1=O. The Morgan fingerprint density at radius 1 is 1.41 bits per heavy atom. The monoisotopic (exact) mass is 240 g/mol. The zero-order valence-corrected chi connectivity index (χ0v) is 10.4. The van der Waals surface area contributed by atoms with Crippen molar-refractivity contribution in [1.29, 1.82) is 0 Å². The molecule has 96 valence electrons. The first kappa shape index (κ1) is 13.9. The number of Topliss-reactive ketones (excluding diaryl/α,β-unsaturated/α-hetero) is 1. The van der Waals surface area contributed by atoms with Gasteiger partial charge in [-0.2, -0.15) is 0 Å². The topological polar surface area (TPSA) is 52.6 Å². The molecule has 0 saturated heterocycles. The van der Waals surface area contributed by atoms with Crippen molar-refractivity contribution in [3.8, 4) is 0 Å².